The van der Waals surface area contributed by atoms with Crippen LogP contribution in [-0.4, -0.2) is 27.2 Å². The maximum Gasteiger partial charge on any atom is 0.331 e. The van der Waals surface area contributed by atoms with Crippen molar-refractivity contribution in [2.45, 2.75) is 19.9 Å². The Hall–Kier alpha value is -3.15. The van der Waals surface area contributed by atoms with Gasteiger partial charge >= 0.3 is 5.97 Å². The molecular formula is C18H17N3O3. The molecule has 3 N–H and O–H groups in total. The molecule has 0 aliphatic rings. The Morgan fingerprint density at radius 1 is 1.12 bits per heavy atom. The summed E-state index contributed by atoms with van der Waals surface area (Å²) in [6, 6.07) is 11.7. The van der Waals surface area contributed by atoms with Gasteiger partial charge in [-0.15, -0.1) is 0 Å². The Bertz CT molecular complexity index is 905. The number of hydrogen-bond donors (Lipinski definition) is 3. The fraction of sp³-hybridized carbons (Fsp3) is 0.167. The molecule has 0 saturated carbocycles. The van der Waals surface area contributed by atoms with Gasteiger partial charge in [-0.3, -0.25) is 9.89 Å². The van der Waals surface area contributed by atoms with Gasteiger partial charge in [0.1, 0.15) is 0 Å². The van der Waals surface area contributed by atoms with E-state index in [1.54, 1.807) is 26.0 Å². The SMILES string of the molecule is Cc1n[nH]c(C)c1C(NC(=O)c1cccc2ccccc12)C(=O)O. The minimum atomic E-state index is -1.16. The molecular weight excluding hydrogens is 306 g/mol. The van der Waals surface area contributed by atoms with Crippen molar-refractivity contribution in [2.24, 2.45) is 0 Å². The van der Waals surface area contributed by atoms with Crippen LogP contribution < -0.4 is 5.32 Å². The zero-order valence-electron chi connectivity index (χ0n) is 13.3. The number of carboxylic acids is 1. The molecule has 1 aromatic heterocycles. The number of fused-ring (bicyclic) bond motifs is 1. The highest BCUT2D eigenvalue weighted by molar-refractivity contribution is 6.08. The molecule has 0 bridgehead atoms. The molecule has 0 fully saturated rings. The molecule has 0 aliphatic carbocycles. The van der Waals surface area contributed by atoms with Gasteiger partial charge in [-0.25, -0.2) is 4.79 Å². The van der Waals surface area contributed by atoms with Gasteiger partial charge in [0, 0.05) is 16.8 Å². The van der Waals surface area contributed by atoms with E-state index in [9.17, 15) is 14.7 Å². The highest BCUT2D eigenvalue weighted by atomic mass is 16.4. The second-order valence-electron chi connectivity index (χ2n) is 5.62. The summed E-state index contributed by atoms with van der Waals surface area (Å²) in [5, 5.41) is 20.6. The van der Waals surface area contributed by atoms with E-state index in [0.717, 1.165) is 10.8 Å². The molecule has 1 atom stereocenters. The van der Waals surface area contributed by atoms with Gasteiger partial charge < -0.3 is 10.4 Å². The first-order valence-corrected chi connectivity index (χ1v) is 7.52. The van der Waals surface area contributed by atoms with Crippen molar-refractivity contribution < 1.29 is 14.7 Å². The number of nitrogens with one attached hydrogen (secondary N) is 2. The summed E-state index contributed by atoms with van der Waals surface area (Å²) in [6.45, 7) is 3.44. The topological polar surface area (TPSA) is 95.1 Å². The molecule has 24 heavy (non-hydrogen) atoms. The van der Waals surface area contributed by atoms with Gasteiger partial charge in [-0.1, -0.05) is 36.4 Å². The van der Waals surface area contributed by atoms with Crippen molar-refractivity contribution in [2.75, 3.05) is 0 Å². The van der Waals surface area contributed by atoms with Crippen molar-refractivity contribution in [3.8, 4) is 0 Å². The lowest BCUT2D eigenvalue weighted by molar-refractivity contribution is -0.139. The molecule has 0 radical (unpaired) electrons. The van der Waals surface area contributed by atoms with Gasteiger partial charge in [-0.05, 0) is 30.7 Å². The average Bonchev–Trinajstić information content (AvgIpc) is 2.90. The third-order valence-corrected chi connectivity index (χ3v) is 4.03. The van der Waals surface area contributed by atoms with Gasteiger partial charge in [0.15, 0.2) is 6.04 Å². The number of benzene rings is 2. The van der Waals surface area contributed by atoms with E-state index >= 15 is 0 Å². The van der Waals surface area contributed by atoms with Crippen LogP contribution in [0.2, 0.25) is 0 Å². The summed E-state index contributed by atoms with van der Waals surface area (Å²) in [5.41, 5.74) is 2.10. The van der Waals surface area contributed by atoms with Gasteiger partial charge in [-0.2, -0.15) is 5.10 Å². The molecule has 6 nitrogen and oxygen atoms in total. The van der Waals surface area contributed by atoms with Crippen LogP contribution in [0, 0.1) is 13.8 Å². The van der Waals surface area contributed by atoms with E-state index in [2.05, 4.69) is 15.5 Å². The molecule has 0 saturated heterocycles. The van der Waals surface area contributed by atoms with Crippen LogP contribution in [0.15, 0.2) is 42.5 Å². The zero-order chi connectivity index (χ0) is 17.3. The number of aromatic nitrogens is 2. The van der Waals surface area contributed by atoms with Crippen LogP contribution in [0.4, 0.5) is 0 Å². The zero-order valence-corrected chi connectivity index (χ0v) is 13.3. The number of H-pyrrole nitrogens is 1. The van der Waals surface area contributed by atoms with Crippen molar-refractivity contribution in [3.63, 3.8) is 0 Å². The summed E-state index contributed by atoms with van der Waals surface area (Å²) in [4.78, 5) is 24.4. The smallest absolute Gasteiger partial charge is 0.331 e. The van der Waals surface area contributed by atoms with Crippen LogP contribution in [0.5, 0.6) is 0 Å². The molecule has 1 unspecified atom stereocenters. The van der Waals surface area contributed by atoms with Crippen molar-refractivity contribution in [1.82, 2.24) is 15.5 Å². The van der Waals surface area contributed by atoms with E-state index in [1.165, 1.54) is 0 Å². The van der Waals surface area contributed by atoms with Crippen LogP contribution >= 0.6 is 0 Å². The second-order valence-corrected chi connectivity index (χ2v) is 5.62. The Labute approximate surface area is 138 Å². The number of rotatable bonds is 4. The van der Waals surface area contributed by atoms with Crippen molar-refractivity contribution in [1.29, 1.82) is 0 Å². The first-order valence-electron chi connectivity index (χ1n) is 7.52. The Kier molecular flexibility index (Phi) is 4.04. The molecule has 0 spiro atoms. The number of hydrogen-bond acceptors (Lipinski definition) is 3. The molecule has 122 valence electrons. The number of carboxylic acid groups (broad SMARTS) is 1. The summed E-state index contributed by atoms with van der Waals surface area (Å²) in [7, 11) is 0. The maximum absolute atomic E-state index is 12.7. The number of amides is 1. The largest absolute Gasteiger partial charge is 0.479 e. The molecule has 2 aromatic carbocycles. The van der Waals surface area contributed by atoms with Crippen LogP contribution in [0.25, 0.3) is 10.8 Å². The normalized spacial score (nSPS) is 12.1. The summed E-state index contributed by atoms with van der Waals surface area (Å²) in [6.07, 6.45) is 0. The van der Waals surface area contributed by atoms with E-state index in [1.807, 2.05) is 30.3 Å². The first-order chi connectivity index (χ1) is 11.5. The van der Waals surface area contributed by atoms with Gasteiger partial charge in [0.25, 0.3) is 5.91 Å². The standard InChI is InChI=1S/C18H17N3O3/c1-10-15(11(2)21-20-10)16(18(23)24)19-17(22)14-9-5-7-12-6-3-4-8-13(12)14/h3-9,16H,1-2H3,(H,19,22)(H,20,21)(H,23,24). The Balaban J connectivity index is 1.99. The molecule has 1 amide bonds. The van der Waals surface area contributed by atoms with E-state index < -0.39 is 17.9 Å². The fourth-order valence-electron chi connectivity index (χ4n) is 2.87. The van der Waals surface area contributed by atoms with Crippen molar-refractivity contribution >= 4 is 22.6 Å². The number of carbonyl (C=O) groups is 2. The summed E-state index contributed by atoms with van der Waals surface area (Å²) < 4.78 is 0. The minimum Gasteiger partial charge on any atom is -0.479 e. The fourth-order valence-corrected chi connectivity index (χ4v) is 2.87. The predicted octanol–water partition coefficient (Wildman–Crippen LogP) is 2.74. The van der Waals surface area contributed by atoms with Gasteiger partial charge in [0.2, 0.25) is 0 Å². The second kappa shape index (κ2) is 6.16. The Morgan fingerprint density at radius 3 is 2.50 bits per heavy atom. The molecule has 3 aromatic rings. The highest BCUT2D eigenvalue weighted by Crippen LogP contribution is 2.23. The maximum atomic E-state index is 12.7. The highest BCUT2D eigenvalue weighted by Gasteiger charge is 2.28. The van der Waals surface area contributed by atoms with Crippen molar-refractivity contribution in [3.05, 3.63) is 65.0 Å². The lowest BCUT2D eigenvalue weighted by atomic mass is 10.0. The molecule has 3 rings (SSSR count). The minimum absolute atomic E-state index is 0.431. The Morgan fingerprint density at radius 2 is 1.83 bits per heavy atom. The number of carbonyl (C=O) groups excluding carboxylic acids is 1. The quantitative estimate of drug-likeness (QED) is 0.688. The molecule has 0 aliphatic heterocycles. The third kappa shape index (κ3) is 2.74. The number of aryl methyl sites for hydroxylation is 2. The molecule has 6 heteroatoms. The lowest BCUT2D eigenvalue weighted by Crippen LogP contribution is -2.34. The number of aliphatic carboxylic acids is 1. The summed E-state index contributed by atoms with van der Waals surface area (Å²) in [5.74, 6) is -1.56. The number of aromatic amines is 1. The molecule has 1 heterocycles. The van der Waals surface area contributed by atoms with E-state index in [4.69, 9.17) is 0 Å². The summed E-state index contributed by atoms with van der Waals surface area (Å²) >= 11 is 0. The third-order valence-electron chi connectivity index (χ3n) is 4.03. The monoisotopic (exact) mass is 323 g/mol. The number of nitrogens with zero attached hydrogens (tertiary/aromatic N) is 1. The lowest BCUT2D eigenvalue weighted by Gasteiger charge is -2.16. The van der Waals surface area contributed by atoms with E-state index in [0.29, 0.717) is 22.5 Å². The first kappa shape index (κ1) is 15.7. The van der Waals surface area contributed by atoms with Crippen LogP contribution in [0.1, 0.15) is 33.4 Å². The van der Waals surface area contributed by atoms with Crippen LogP contribution in [0.3, 0.4) is 0 Å². The average molecular weight is 323 g/mol. The van der Waals surface area contributed by atoms with E-state index in [-0.39, 0.29) is 0 Å². The van der Waals surface area contributed by atoms with Gasteiger partial charge in [0.05, 0.1) is 5.69 Å². The van der Waals surface area contributed by atoms with Crippen LogP contribution in [-0.2, 0) is 4.79 Å². The predicted molar refractivity (Wildman–Crippen MR) is 89.9 cm³/mol.